The summed E-state index contributed by atoms with van der Waals surface area (Å²) in [5.41, 5.74) is 1.90. The largest absolute Gasteiger partial charge is 0.411 e. The van der Waals surface area contributed by atoms with Crippen LogP contribution in [0, 0.1) is 6.92 Å². The van der Waals surface area contributed by atoms with Crippen molar-refractivity contribution in [3.63, 3.8) is 0 Å². The van der Waals surface area contributed by atoms with E-state index in [9.17, 15) is 0 Å². The van der Waals surface area contributed by atoms with Crippen molar-refractivity contribution >= 4 is 12.0 Å². The number of hydrogen-bond acceptors (Lipinski definition) is 4. The van der Waals surface area contributed by atoms with Crippen LogP contribution in [-0.2, 0) is 0 Å². The Hall–Kier alpha value is -1.58. The zero-order valence-electron chi connectivity index (χ0n) is 8.07. The molecule has 0 radical (unpaired) electrons. The molecule has 1 fully saturated rings. The van der Waals surface area contributed by atoms with Gasteiger partial charge >= 0.3 is 0 Å². The van der Waals surface area contributed by atoms with Crippen LogP contribution >= 0.6 is 0 Å². The van der Waals surface area contributed by atoms with Gasteiger partial charge in [0.25, 0.3) is 0 Å². The molecule has 0 saturated heterocycles. The topological polar surface area (TPSA) is 57.5 Å². The maximum absolute atomic E-state index is 8.39. The molecule has 2 rings (SSSR count). The second kappa shape index (κ2) is 3.65. The van der Waals surface area contributed by atoms with Crippen molar-refractivity contribution in [3.05, 3.63) is 23.4 Å². The summed E-state index contributed by atoms with van der Waals surface area (Å²) in [6.45, 7) is 1.97. The summed E-state index contributed by atoms with van der Waals surface area (Å²) in [4.78, 5) is 4.22. The normalized spacial score (nSPS) is 16.1. The molecule has 0 bridgehead atoms. The molecule has 0 aliphatic heterocycles. The summed E-state index contributed by atoms with van der Waals surface area (Å²) in [6.07, 6.45) is 5.57. The Bertz CT molecular complexity index is 358. The van der Waals surface area contributed by atoms with Gasteiger partial charge in [0.15, 0.2) is 0 Å². The van der Waals surface area contributed by atoms with Gasteiger partial charge < -0.3 is 10.5 Å². The second-order valence-electron chi connectivity index (χ2n) is 3.59. The Morgan fingerprint density at radius 3 is 3.00 bits per heavy atom. The quantitative estimate of drug-likeness (QED) is 0.435. The first-order chi connectivity index (χ1) is 6.79. The number of pyridine rings is 1. The van der Waals surface area contributed by atoms with Gasteiger partial charge in [0, 0.05) is 17.8 Å². The van der Waals surface area contributed by atoms with Crippen molar-refractivity contribution in [2.75, 3.05) is 5.32 Å². The molecule has 4 nitrogen and oxygen atoms in total. The molecular weight excluding hydrogens is 178 g/mol. The number of aromatic nitrogens is 1. The standard InChI is InChI=1S/C10H13N3O/c1-7-4-10(13-9-2-3-9)11-5-8(7)6-12-14/h4-6,9,14H,2-3H2,1H3,(H,11,13)/b12-6-. The van der Waals surface area contributed by atoms with E-state index in [2.05, 4.69) is 15.5 Å². The molecule has 1 saturated carbocycles. The van der Waals surface area contributed by atoms with Crippen LogP contribution in [0.4, 0.5) is 5.82 Å². The van der Waals surface area contributed by atoms with Crippen molar-refractivity contribution in [2.24, 2.45) is 5.16 Å². The zero-order valence-corrected chi connectivity index (χ0v) is 8.07. The number of aryl methyl sites for hydroxylation is 1. The predicted molar refractivity (Wildman–Crippen MR) is 55.0 cm³/mol. The van der Waals surface area contributed by atoms with Gasteiger partial charge in [0.2, 0.25) is 0 Å². The second-order valence-corrected chi connectivity index (χ2v) is 3.59. The van der Waals surface area contributed by atoms with Crippen LogP contribution in [0.25, 0.3) is 0 Å². The molecule has 0 unspecified atom stereocenters. The van der Waals surface area contributed by atoms with Crippen LogP contribution in [-0.4, -0.2) is 22.4 Å². The van der Waals surface area contributed by atoms with Crippen LogP contribution < -0.4 is 5.32 Å². The van der Waals surface area contributed by atoms with Gasteiger partial charge in [-0.3, -0.25) is 0 Å². The third-order valence-electron chi connectivity index (χ3n) is 2.28. The van der Waals surface area contributed by atoms with Gasteiger partial charge in [-0.05, 0) is 31.4 Å². The van der Waals surface area contributed by atoms with E-state index in [1.54, 1.807) is 6.20 Å². The predicted octanol–water partition coefficient (Wildman–Crippen LogP) is 1.77. The fourth-order valence-corrected chi connectivity index (χ4v) is 1.28. The molecule has 1 heterocycles. The minimum absolute atomic E-state index is 0.610. The lowest BCUT2D eigenvalue weighted by molar-refractivity contribution is 0.322. The lowest BCUT2D eigenvalue weighted by atomic mass is 10.2. The Labute approximate surface area is 82.7 Å². The number of hydrogen-bond donors (Lipinski definition) is 2. The molecule has 2 N–H and O–H groups in total. The van der Waals surface area contributed by atoms with E-state index in [1.807, 2.05) is 13.0 Å². The smallest absolute Gasteiger partial charge is 0.126 e. The van der Waals surface area contributed by atoms with Crippen LogP contribution in [0.3, 0.4) is 0 Å². The molecule has 4 heteroatoms. The molecule has 0 spiro atoms. The van der Waals surface area contributed by atoms with Gasteiger partial charge in [-0.2, -0.15) is 0 Å². The van der Waals surface area contributed by atoms with Gasteiger partial charge in [0.05, 0.1) is 6.21 Å². The maximum atomic E-state index is 8.39. The fraction of sp³-hybridized carbons (Fsp3) is 0.400. The zero-order chi connectivity index (χ0) is 9.97. The van der Waals surface area contributed by atoms with Crippen LogP contribution in [0.5, 0.6) is 0 Å². The third kappa shape index (κ3) is 2.02. The summed E-state index contributed by atoms with van der Waals surface area (Å²) < 4.78 is 0. The first kappa shape index (κ1) is 8.99. The Morgan fingerprint density at radius 1 is 1.64 bits per heavy atom. The highest BCUT2D eigenvalue weighted by Gasteiger charge is 2.21. The number of oxime groups is 1. The van der Waals surface area contributed by atoms with E-state index < -0.39 is 0 Å². The van der Waals surface area contributed by atoms with Crippen LogP contribution in [0.2, 0.25) is 0 Å². The van der Waals surface area contributed by atoms with Crippen molar-refractivity contribution in [2.45, 2.75) is 25.8 Å². The lowest BCUT2D eigenvalue weighted by Crippen LogP contribution is -2.04. The number of anilines is 1. The number of nitrogens with one attached hydrogen (secondary N) is 1. The van der Waals surface area contributed by atoms with Crippen molar-refractivity contribution < 1.29 is 5.21 Å². The average Bonchev–Trinajstić information content (AvgIpc) is 2.94. The van der Waals surface area contributed by atoms with E-state index in [0.29, 0.717) is 6.04 Å². The number of nitrogens with zero attached hydrogens (tertiary/aromatic N) is 2. The first-order valence-electron chi connectivity index (χ1n) is 4.70. The van der Waals surface area contributed by atoms with Gasteiger partial charge in [-0.15, -0.1) is 0 Å². The first-order valence-corrected chi connectivity index (χ1v) is 4.70. The van der Waals surface area contributed by atoms with Crippen LogP contribution in [0.15, 0.2) is 17.4 Å². The molecule has 1 aromatic heterocycles. The summed E-state index contributed by atoms with van der Waals surface area (Å²) in [7, 11) is 0. The minimum Gasteiger partial charge on any atom is -0.411 e. The van der Waals surface area contributed by atoms with Gasteiger partial charge in [-0.25, -0.2) is 4.98 Å². The van der Waals surface area contributed by atoms with Gasteiger partial charge in [-0.1, -0.05) is 5.16 Å². The van der Waals surface area contributed by atoms with Crippen molar-refractivity contribution in [1.29, 1.82) is 0 Å². The molecule has 1 aromatic rings. The Morgan fingerprint density at radius 2 is 2.43 bits per heavy atom. The highest BCUT2D eigenvalue weighted by atomic mass is 16.4. The molecule has 14 heavy (non-hydrogen) atoms. The van der Waals surface area contributed by atoms with Crippen molar-refractivity contribution in [3.8, 4) is 0 Å². The molecular formula is C10H13N3O. The molecule has 1 aliphatic carbocycles. The highest BCUT2D eigenvalue weighted by Crippen LogP contribution is 2.24. The van der Waals surface area contributed by atoms with Crippen molar-refractivity contribution in [1.82, 2.24) is 4.98 Å². The summed E-state index contributed by atoms with van der Waals surface area (Å²) in [5.74, 6) is 0.903. The lowest BCUT2D eigenvalue weighted by Gasteiger charge is -2.05. The molecule has 1 aliphatic rings. The highest BCUT2D eigenvalue weighted by molar-refractivity contribution is 5.81. The molecule has 0 aromatic carbocycles. The van der Waals surface area contributed by atoms with Crippen LogP contribution in [0.1, 0.15) is 24.0 Å². The van der Waals surface area contributed by atoms with Gasteiger partial charge in [0.1, 0.15) is 5.82 Å². The third-order valence-corrected chi connectivity index (χ3v) is 2.28. The van der Waals surface area contributed by atoms with E-state index in [0.717, 1.165) is 16.9 Å². The Kier molecular flexibility index (Phi) is 2.35. The SMILES string of the molecule is Cc1cc(NC2CC2)ncc1/C=N\O. The Balaban J connectivity index is 2.16. The van der Waals surface area contributed by atoms with E-state index >= 15 is 0 Å². The number of rotatable bonds is 3. The maximum Gasteiger partial charge on any atom is 0.126 e. The van der Waals surface area contributed by atoms with E-state index in [4.69, 9.17) is 5.21 Å². The monoisotopic (exact) mass is 191 g/mol. The van der Waals surface area contributed by atoms with E-state index in [-0.39, 0.29) is 0 Å². The summed E-state index contributed by atoms with van der Waals surface area (Å²) in [5, 5.41) is 14.7. The molecule has 74 valence electrons. The summed E-state index contributed by atoms with van der Waals surface area (Å²) in [6, 6.07) is 2.58. The molecule has 0 atom stereocenters. The average molecular weight is 191 g/mol. The minimum atomic E-state index is 0.610. The summed E-state index contributed by atoms with van der Waals surface area (Å²) >= 11 is 0. The molecule has 0 amide bonds. The van der Waals surface area contributed by atoms with E-state index in [1.165, 1.54) is 19.1 Å². The fourth-order valence-electron chi connectivity index (χ4n) is 1.28.